The highest BCUT2D eigenvalue weighted by atomic mass is 32.2. The highest BCUT2D eigenvalue weighted by Crippen LogP contribution is 2.23. The van der Waals surface area contributed by atoms with E-state index in [9.17, 15) is 14.0 Å². The summed E-state index contributed by atoms with van der Waals surface area (Å²) in [5, 5.41) is 4.36. The predicted octanol–water partition coefficient (Wildman–Crippen LogP) is 4.34. The summed E-state index contributed by atoms with van der Waals surface area (Å²) in [5.74, 6) is -1.35. The molecule has 1 N–H and O–H groups in total. The maximum Gasteiger partial charge on any atom is 0.317 e. The number of para-hydroxylation sites is 1. The Morgan fingerprint density at radius 1 is 1.18 bits per heavy atom. The molecule has 0 saturated carbocycles. The largest absolute Gasteiger partial charge is 0.452 e. The fourth-order valence-corrected chi connectivity index (χ4v) is 3.34. The number of hydrogen-bond acceptors (Lipinski definition) is 5. The number of pyridine rings is 1. The zero-order valence-electron chi connectivity index (χ0n) is 15.4. The summed E-state index contributed by atoms with van der Waals surface area (Å²) < 4.78 is 18.1. The van der Waals surface area contributed by atoms with E-state index in [-0.39, 0.29) is 5.75 Å². The molecule has 0 fully saturated rings. The minimum atomic E-state index is -0.968. The molecule has 0 radical (unpaired) electrons. The summed E-state index contributed by atoms with van der Waals surface area (Å²) in [6, 6.07) is 15.1. The second kappa shape index (κ2) is 8.84. The van der Waals surface area contributed by atoms with Crippen molar-refractivity contribution in [2.24, 2.45) is 0 Å². The van der Waals surface area contributed by atoms with Crippen molar-refractivity contribution in [3.63, 3.8) is 0 Å². The quantitative estimate of drug-likeness (QED) is 0.494. The van der Waals surface area contributed by atoms with Crippen molar-refractivity contribution in [1.82, 2.24) is 4.98 Å². The summed E-state index contributed by atoms with van der Waals surface area (Å²) in [5.41, 5.74) is 2.37. The summed E-state index contributed by atoms with van der Waals surface area (Å²) in [6.07, 6.45) is -0.968. The van der Waals surface area contributed by atoms with Gasteiger partial charge in [-0.1, -0.05) is 30.0 Å². The summed E-state index contributed by atoms with van der Waals surface area (Å²) in [7, 11) is 0. The molecule has 0 aliphatic rings. The van der Waals surface area contributed by atoms with Crippen molar-refractivity contribution in [2.45, 2.75) is 25.0 Å². The third-order valence-electron chi connectivity index (χ3n) is 4.03. The third kappa shape index (κ3) is 5.07. The van der Waals surface area contributed by atoms with Crippen LogP contribution in [0.15, 0.2) is 59.6 Å². The van der Waals surface area contributed by atoms with Crippen LogP contribution in [0.3, 0.4) is 0 Å². The van der Waals surface area contributed by atoms with E-state index in [1.54, 1.807) is 0 Å². The fourth-order valence-electron chi connectivity index (χ4n) is 2.59. The van der Waals surface area contributed by atoms with Crippen LogP contribution in [0.4, 0.5) is 10.1 Å². The van der Waals surface area contributed by atoms with Gasteiger partial charge >= 0.3 is 5.97 Å². The first-order valence-corrected chi connectivity index (χ1v) is 9.66. The van der Waals surface area contributed by atoms with Crippen LogP contribution in [0, 0.1) is 12.7 Å². The van der Waals surface area contributed by atoms with Crippen molar-refractivity contribution in [1.29, 1.82) is 0 Å². The van der Waals surface area contributed by atoms with Gasteiger partial charge in [-0.2, -0.15) is 0 Å². The lowest BCUT2D eigenvalue weighted by molar-refractivity contribution is -0.150. The predicted molar refractivity (Wildman–Crippen MR) is 108 cm³/mol. The number of fused-ring (bicyclic) bond motifs is 1. The van der Waals surface area contributed by atoms with Gasteiger partial charge in [0.25, 0.3) is 5.91 Å². The van der Waals surface area contributed by atoms with Gasteiger partial charge in [0, 0.05) is 11.1 Å². The number of ether oxygens (including phenoxy) is 1. The molecular formula is C21H19FN2O3S. The Bertz CT molecular complexity index is 1010. The first kappa shape index (κ1) is 19.8. The zero-order chi connectivity index (χ0) is 20.1. The molecule has 1 amide bonds. The molecule has 28 heavy (non-hydrogen) atoms. The lowest BCUT2D eigenvalue weighted by atomic mass is 10.1. The number of nitrogens with zero attached hydrogens (tertiary/aromatic N) is 1. The molecule has 1 atom stereocenters. The molecule has 1 aromatic heterocycles. The van der Waals surface area contributed by atoms with Crippen LogP contribution in [0.1, 0.15) is 12.5 Å². The van der Waals surface area contributed by atoms with E-state index in [1.807, 2.05) is 37.3 Å². The van der Waals surface area contributed by atoms with E-state index in [4.69, 9.17) is 4.74 Å². The van der Waals surface area contributed by atoms with Crippen molar-refractivity contribution in [3.05, 3.63) is 66.0 Å². The molecule has 0 aliphatic heterocycles. The number of thioether (sulfide) groups is 1. The first-order chi connectivity index (χ1) is 13.4. The number of rotatable bonds is 6. The Labute approximate surface area is 166 Å². The number of aromatic nitrogens is 1. The highest BCUT2D eigenvalue weighted by molar-refractivity contribution is 7.99. The maximum atomic E-state index is 12.9. The first-order valence-electron chi connectivity index (χ1n) is 8.67. The van der Waals surface area contributed by atoms with Crippen LogP contribution in [0.25, 0.3) is 10.9 Å². The van der Waals surface area contributed by atoms with Gasteiger partial charge in [0.2, 0.25) is 0 Å². The molecule has 2 aromatic carbocycles. The van der Waals surface area contributed by atoms with Gasteiger partial charge in [-0.05, 0) is 55.8 Å². The molecule has 1 heterocycles. The number of carbonyl (C=O) groups excluding carboxylic acids is 2. The molecule has 0 spiro atoms. The number of carbonyl (C=O) groups is 2. The summed E-state index contributed by atoms with van der Waals surface area (Å²) in [4.78, 5) is 28.7. The van der Waals surface area contributed by atoms with E-state index >= 15 is 0 Å². The van der Waals surface area contributed by atoms with Crippen molar-refractivity contribution in [3.8, 4) is 0 Å². The molecular weight excluding hydrogens is 379 g/mol. The third-order valence-corrected chi connectivity index (χ3v) is 4.91. The molecule has 5 nitrogen and oxygen atoms in total. The zero-order valence-corrected chi connectivity index (χ0v) is 16.3. The van der Waals surface area contributed by atoms with E-state index < -0.39 is 23.8 Å². The number of aryl methyl sites for hydroxylation is 1. The Hall–Kier alpha value is -2.93. The minimum absolute atomic E-state index is 0.0406. The number of amides is 1. The number of benzene rings is 2. The second-order valence-electron chi connectivity index (χ2n) is 6.21. The van der Waals surface area contributed by atoms with Crippen molar-refractivity contribution in [2.75, 3.05) is 11.1 Å². The average molecular weight is 398 g/mol. The van der Waals surface area contributed by atoms with Gasteiger partial charge < -0.3 is 10.1 Å². The SMILES string of the molecule is Cc1cc(SCC(=O)O[C@@H](C)C(=O)Nc2ccc(F)cc2)nc2ccccc12. The molecule has 0 aliphatic carbocycles. The van der Waals surface area contributed by atoms with Crippen LogP contribution in [-0.2, 0) is 14.3 Å². The lowest BCUT2D eigenvalue weighted by Crippen LogP contribution is -2.30. The van der Waals surface area contributed by atoms with E-state index in [2.05, 4.69) is 10.3 Å². The topological polar surface area (TPSA) is 68.3 Å². The fraction of sp³-hybridized carbons (Fsp3) is 0.190. The Morgan fingerprint density at radius 3 is 2.64 bits per heavy atom. The van der Waals surface area contributed by atoms with Gasteiger partial charge in [0.1, 0.15) is 5.82 Å². The Morgan fingerprint density at radius 2 is 1.89 bits per heavy atom. The van der Waals surface area contributed by atoms with Gasteiger partial charge in [0.15, 0.2) is 6.10 Å². The molecule has 3 rings (SSSR count). The van der Waals surface area contributed by atoms with Crippen LogP contribution in [0.5, 0.6) is 0 Å². The Balaban J connectivity index is 1.53. The van der Waals surface area contributed by atoms with Crippen LogP contribution in [-0.4, -0.2) is 28.7 Å². The van der Waals surface area contributed by atoms with Crippen molar-refractivity contribution < 1.29 is 18.7 Å². The maximum absolute atomic E-state index is 12.9. The highest BCUT2D eigenvalue weighted by Gasteiger charge is 2.18. The summed E-state index contributed by atoms with van der Waals surface area (Å²) in [6.45, 7) is 3.48. The van der Waals surface area contributed by atoms with Crippen LogP contribution in [0.2, 0.25) is 0 Å². The smallest absolute Gasteiger partial charge is 0.317 e. The van der Waals surface area contributed by atoms with E-state index in [0.29, 0.717) is 5.69 Å². The molecule has 0 bridgehead atoms. The van der Waals surface area contributed by atoms with Gasteiger partial charge in [-0.3, -0.25) is 9.59 Å². The second-order valence-corrected chi connectivity index (χ2v) is 7.21. The lowest BCUT2D eigenvalue weighted by Gasteiger charge is -2.13. The molecule has 144 valence electrons. The monoisotopic (exact) mass is 398 g/mol. The average Bonchev–Trinajstić information content (AvgIpc) is 2.68. The molecule has 0 saturated heterocycles. The van der Waals surface area contributed by atoms with Gasteiger partial charge in [-0.15, -0.1) is 0 Å². The van der Waals surface area contributed by atoms with E-state index in [1.165, 1.54) is 43.0 Å². The van der Waals surface area contributed by atoms with Gasteiger partial charge in [-0.25, -0.2) is 9.37 Å². The van der Waals surface area contributed by atoms with Crippen molar-refractivity contribution >= 4 is 40.2 Å². The number of nitrogens with one attached hydrogen (secondary N) is 1. The number of hydrogen-bond donors (Lipinski definition) is 1. The van der Waals surface area contributed by atoms with Crippen LogP contribution >= 0.6 is 11.8 Å². The molecule has 7 heteroatoms. The minimum Gasteiger partial charge on any atom is -0.452 e. The number of halogens is 1. The normalized spacial score (nSPS) is 11.8. The number of esters is 1. The molecule has 3 aromatic rings. The summed E-state index contributed by atoms with van der Waals surface area (Å²) >= 11 is 1.26. The standard InChI is InChI=1S/C21H19FN2O3S/c1-13-11-19(24-18-6-4-3-5-17(13)18)28-12-20(25)27-14(2)21(26)23-16-9-7-15(22)8-10-16/h3-11,14H,12H2,1-2H3,(H,23,26)/t14-/m0/s1. The van der Waals surface area contributed by atoms with Crippen LogP contribution < -0.4 is 5.32 Å². The molecule has 0 unspecified atom stereocenters. The number of anilines is 1. The van der Waals surface area contributed by atoms with Gasteiger partial charge in [0.05, 0.1) is 16.3 Å². The van der Waals surface area contributed by atoms with E-state index in [0.717, 1.165) is 21.5 Å². The Kier molecular flexibility index (Phi) is 6.26.